The molecule has 1 aliphatic heterocycles. The Morgan fingerprint density at radius 1 is 1.28 bits per heavy atom. The van der Waals surface area contributed by atoms with Crippen LogP contribution in [0, 0.1) is 12.8 Å². The summed E-state index contributed by atoms with van der Waals surface area (Å²) in [5.74, 6) is -2.60. The fourth-order valence-corrected chi connectivity index (χ4v) is 3.56. The molecular weight excluding hydrogens is 380 g/mol. The van der Waals surface area contributed by atoms with E-state index in [2.05, 4.69) is 0 Å². The molecule has 154 valence electrons. The monoisotopic (exact) mass is 402 g/mol. The third-order valence-electron chi connectivity index (χ3n) is 5.16. The molecule has 8 heteroatoms. The van der Waals surface area contributed by atoms with Crippen LogP contribution in [-0.2, 0) is 19.1 Å². The van der Waals surface area contributed by atoms with E-state index in [1.807, 2.05) is 0 Å². The number of ether oxygens (including phenoxy) is 2. The highest BCUT2D eigenvalue weighted by Crippen LogP contribution is 2.35. The van der Waals surface area contributed by atoms with Crippen LogP contribution in [0.4, 0.5) is 0 Å². The number of carbonyl (C=O) groups is 3. The molecule has 0 radical (unpaired) electrons. The van der Waals surface area contributed by atoms with Crippen LogP contribution in [0.1, 0.15) is 42.1 Å². The van der Waals surface area contributed by atoms with Gasteiger partial charge in [0.05, 0.1) is 18.1 Å². The summed E-state index contributed by atoms with van der Waals surface area (Å²) in [7, 11) is 0. The van der Waals surface area contributed by atoms with Crippen molar-refractivity contribution in [1.82, 2.24) is 0 Å². The van der Waals surface area contributed by atoms with Gasteiger partial charge in [0.15, 0.2) is 5.78 Å². The largest absolute Gasteiger partial charge is 0.508 e. The summed E-state index contributed by atoms with van der Waals surface area (Å²) in [5, 5.41) is 28.3. The predicted octanol–water partition coefficient (Wildman–Crippen LogP) is 2.62. The van der Waals surface area contributed by atoms with Gasteiger partial charge in [0.1, 0.15) is 29.8 Å². The van der Waals surface area contributed by atoms with Gasteiger partial charge in [-0.1, -0.05) is 6.92 Å². The summed E-state index contributed by atoms with van der Waals surface area (Å²) < 4.78 is 11.0. The van der Waals surface area contributed by atoms with Crippen molar-refractivity contribution in [2.45, 2.75) is 39.2 Å². The number of Topliss-reactive ketones (excluding diaryl/α,β-unsaturated/α-hetero) is 1. The summed E-state index contributed by atoms with van der Waals surface area (Å²) in [5.41, 5.74) is 1.47. The number of aliphatic carboxylic acids is 1. The van der Waals surface area contributed by atoms with Crippen molar-refractivity contribution in [3.63, 3.8) is 0 Å². The van der Waals surface area contributed by atoms with E-state index in [1.165, 1.54) is 6.07 Å². The van der Waals surface area contributed by atoms with E-state index in [0.29, 0.717) is 22.5 Å². The molecule has 0 amide bonds. The molecule has 2 aliphatic rings. The number of aromatic hydroxyl groups is 2. The van der Waals surface area contributed by atoms with Crippen molar-refractivity contribution in [2.75, 3.05) is 6.61 Å². The molecule has 0 saturated carbocycles. The zero-order valence-corrected chi connectivity index (χ0v) is 16.1. The second kappa shape index (κ2) is 7.98. The maximum Gasteiger partial charge on any atom is 0.342 e. The van der Waals surface area contributed by atoms with Crippen molar-refractivity contribution >= 4 is 17.7 Å². The molecule has 2 atom stereocenters. The minimum absolute atomic E-state index is 0.0631. The van der Waals surface area contributed by atoms with Gasteiger partial charge in [-0.05, 0) is 30.2 Å². The summed E-state index contributed by atoms with van der Waals surface area (Å²) in [6.45, 7) is 3.29. The lowest BCUT2D eigenvalue weighted by Crippen LogP contribution is -2.38. The van der Waals surface area contributed by atoms with Gasteiger partial charge in [-0.25, -0.2) is 4.79 Å². The van der Waals surface area contributed by atoms with E-state index in [1.54, 1.807) is 19.9 Å². The highest BCUT2D eigenvalue weighted by molar-refractivity contribution is 6.01. The minimum atomic E-state index is -0.946. The van der Waals surface area contributed by atoms with Gasteiger partial charge < -0.3 is 24.8 Å². The van der Waals surface area contributed by atoms with Crippen molar-refractivity contribution in [1.29, 1.82) is 0 Å². The van der Waals surface area contributed by atoms with Crippen LogP contribution in [0.15, 0.2) is 35.1 Å². The van der Waals surface area contributed by atoms with Crippen molar-refractivity contribution in [2.24, 2.45) is 5.92 Å². The van der Waals surface area contributed by atoms with Crippen molar-refractivity contribution in [3.05, 3.63) is 46.2 Å². The Labute approximate surface area is 167 Å². The number of esters is 1. The third kappa shape index (κ3) is 4.26. The molecule has 1 aromatic carbocycles. The fourth-order valence-electron chi connectivity index (χ4n) is 3.56. The van der Waals surface area contributed by atoms with Crippen molar-refractivity contribution in [3.8, 4) is 11.5 Å². The number of aryl methyl sites for hydroxylation is 1. The van der Waals surface area contributed by atoms with Crippen LogP contribution in [0.3, 0.4) is 0 Å². The first-order valence-corrected chi connectivity index (χ1v) is 9.22. The number of carboxylic acid groups (broad SMARTS) is 1. The number of hydrogen-bond donors (Lipinski definition) is 3. The number of ketones is 1. The lowest BCUT2D eigenvalue weighted by Gasteiger charge is -2.32. The lowest BCUT2D eigenvalue weighted by atomic mass is 9.80. The molecule has 1 heterocycles. The number of benzene rings is 1. The lowest BCUT2D eigenvalue weighted by molar-refractivity contribution is -0.137. The number of phenols is 2. The van der Waals surface area contributed by atoms with Gasteiger partial charge >= 0.3 is 11.9 Å². The van der Waals surface area contributed by atoms with Gasteiger partial charge in [-0.3, -0.25) is 9.59 Å². The average Bonchev–Trinajstić information content (AvgIpc) is 2.63. The van der Waals surface area contributed by atoms with E-state index in [4.69, 9.17) is 14.6 Å². The van der Waals surface area contributed by atoms with Crippen LogP contribution >= 0.6 is 0 Å². The van der Waals surface area contributed by atoms with Crippen LogP contribution in [0.5, 0.6) is 11.5 Å². The van der Waals surface area contributed by atoms with E-state index in [9.17, 15) is 24.6 Å². The van der Waals surface area contributed by atoms with Gasteiger partial charge in [-0.2, -0.15) is 0 Å². The first-order chi connectivity index (χ1) is 13.7. The van der Waals surface area contributed by atoms with Crippen LogP contribution < -0.4 is 0 Å². The van der Waals surface area contributed by atoms with Gasteiger partial charge in [0.25, 0.3) is 0 Å². The number of phenolic OH excluding ortho intramolecular Hbond substituents is 2. The van der Waals surface area contributed by atoms with E-state index >= 15 is 0 Å². The number of allylic oxidation sites excluding steroid dienone is 2. The highest BCUT2D eigenvalue weighted by Gasteiger charge is 2.38. The van der Waals surface area contributed by atoms with Crippen LogP contribution in [-0.4, -0.2) is 45.8 Å². The van der Waals surface area contributed by atoms with E-state index < -0.39 is 29.7 Å². The van der Waals surface area contributed by atoms with Gasteiger partial charge in [0.2, 0.25) is 0 Å². The first-order valence-electron chi connectivity index (χ1n) is 9.22. The van der Waals surface area contributed by atoms with Crippen molar-refractivity contribution < 1.29 is 39.2 Å². The molecule has 3 N–H and O–H groups in total. The van der Waals surface area contributed by atoms with E-state index in [0.717, 1.165) is 6.07 Å². The summed E-state index contributed by atoms with van der Waals surface area (Å²) in [4.78, 5) is 36.1. The van der Waals surface area contributed by atoms with Crippen LogP contribution in [0.25, 0.3) is 0 Å². The predicted molar refractivity (Wildman–Crippen MR) is 100 cm³/mol. The summed E-state index contributed by atoms with van der Waals surface area (Å²) >= 11 is 0. The zero-order valence-electron chi connectivity index (χ0n) is 16.1. The number of hydrogen-bond acceptors (Lipinski definition) is 7. The number of carboxylic acids is 1. The Hall–Kier alpha value is -3.29. The molecule has 1 aromatic rings. The van der Waals surface area contributed by atoms with Gasteiger partial charge in [-0.15, -0.1) is 0 Å². The molecule has 8 nitrogen and oxygen atoms in total. The first kappa shape index (κ1) is 20.4. The second-order valence-electron chi connectivity index (χ2n) is 7.25. The quantitative estimate of drug-likeness (QED) is 0.641. The molecule has 0 saturated heterocycles. The molecule has 29 heavy (non-hydrogen) atoms. The van der Waals surface area contributed by atoms with Gasteiger partial charge in [0, 0.05) is 24.5 Å². The highest BCUT2D eigenvalue weighted by atomic mass is 16.5. The number of carbonyl (C=O) groups excluding carboxylic acids is 2. The molecule has 3 rings (SSSR count). The Balaban J connectivity index is 1.80. The Kier molecular flexibility index (Phi) is 5.63. The zero-order chi connectivity index (χ0) is 21.3. The number of rotatable bonds is 5. The fraction of sp³-hybridized carbons (Fsp3) is 0.381. The maximum atomic E-state index is 12.7. The Morgan fingerprint density at radius 3 is 2.66 bits per heavy atom. The molecular formula is C21H22O8. The topological polar surface area (TPSA) is 130 Å². The molecule has 0 fully saturated rings. The second-order valence-corrected chi connectivity index (χ2v) is 7.25. The summed E-state index contributed by atoms with van der Waals surface area (Å²) in [6.07, 6.45) is 1.32. The maximum absolute atomic E-state index is 12.7. The standard InChI is InChI=1S/C21H22O8/c1-10-5-13(22)8-16(23)19(10)21(27)29-17-7-12-6-14(3-4-18(24)25)28-9-15(12)20(26)11(17)2/h5-6,8,11,17,22-23H,3-4,7,9H2,1-2H3,(H,24,25)/t11-,17-/m1/s1. The third-order valence-corrected chi connectivity index (χ3v) is 5.16. The molecule has 0 unspecified atom stereocenters. The molecule has 0 bridgehead atoms. The average molecular weight is 402 g/mol. The minimum Gasteiger partial charge on any atom is -0.508 e. The Bertz CT molecular complexity index is 917. The molecule has 0 spiro atoms. The molecule has 0 aromatic heterocycles. The summed E-state index contributed by atoms with van der Waals surface area (Å²) in [6, 6.07) is 2.39. The Morgan fingerprint density at radius 2 is 2.00 bits per heavy atom. The van der Waals surface area contributed by atoms with Crippen LogP contribution in [0.2, 0.25) is 0 Å². The smallest absolute Gasteiger partial charge is 0.342 e. The molecule has 1 aliphatic carbocycles. The normalized spacial score (nSPS) is 21.2. The van der Waals surface area contributed by atoms with E-state index in [-0.39, 0.29) is 43.0 Å². The SMILES string of the molecule is Cc1cc(O)cc(O)c1C(=O)O[C@@H]1CC2=C(COC(CCC(=O)O)=C2)C(=O)[C@@H]1C.